The van der Waals surface area contributed by atoms with Crippen LogP contribution in [0.3, 0.4) is 0 Å². The smallest absolute Gasteiger partial charge is 0.335 e. The highest BCUT2D eigenvalue weighted by Crippen LogP contribution is 2.24. The summed E-state index contributed by atoms with van der Waals surface area (Å²) in [7, 11) is 0. The lowest BCUT2D eigenvalue weighted by molar-refractivity contribution is 0.0696. The van der Waals surface area contributed by atoms with Gasteiger partial charge in [-0.3, -0.25) is 0 Å². The molecule has 1 N–H and O–H groups in total. The van der Waals surface area contributed by atoms with Crippen molar-refractivity contribution in [3.05, 3.63) is 59.7 Å². The highest BCUT2D eigenvalue weighted by molar-refractivity contribution is 5.88. The zero-order valence-corrected chi connectivity index (χ0v) is 8.65. The van der Waals surface area contributed by atoms with Crippen LogP contribution in [0.15, 0.2) is 42.5 Å². The van der Waals surface area contributed by atoms with E-state index >= 15 is 0 Å². The summed E-state index contributed by atoms with van der Waals surface area (Å²) < 4.78 is 26.6. The first-order valence-corrected chi connectivity index (χ1v) is 4.87. The number of benzene rings is 2. The van der Waals surface area contributed by atoms with Crippen LogP contribution in [0.4, 0.5) is 8.78 Å². The van der Waals surface area contributed by atoms with Crippen molar-refractivity contribution in [1.82, 2.24) is 0 Å². The summed E-state index contributed by atoms with van der Waals surface area (Å²) in [5.41, 5.74) is 0.414. The van der Waals surface area contributed by atoms with E-state index in [2.05, 4.69) is 0 Å². The van der Waals surface area contributed by atoms with Crippen LogP contribution in [-0.4, -0.2) is 11.1 Å². The number of hydrogen-bond acceptors (Lipinski definition) is 1. The molecule has 0 fully saturated rings. The first-order chi connectivity index (χ1) is 8.08. The molecular formula is C13H8F2O2. The van der Waals surface area contributed by atoms with Crippen molar-refractivity contribution in [2.24, 2.45) is 0 Å². The van der Waals surface area contributed by atoms with Gasteiger partial charge in [0.2, 0.25) is 0 Å². The number of halogens is 2. The number of aromatic carboxylic acids is 1. The average molecular weight is 234 g/mol. The van der Waals surface area contributed by atoms with Crippen LogP contribution in [0.25, 0.3) is 11.1 Å². The third kappa shape index (κ3) is 2.30. The highest BCUT2D eigenvalue weighted by atomic mass is 19.1. The van der Waals surface area contributed by atoms with Crippen LogP contribution < -0.4 is 0 Å². The minimum atomic E-state index is -1.20. The third-order valence-corrected chi connectivity index (χ3v) is 2.35. The Balaban J connectivity index is 2.50. The van der Waals surface area contributed by atoms with Crippen LogP contribution in [0, 0.1) is 11.6 Å². The zero-order chi connectivity index (χ0) is 12.4. The predicted molar refractivity (Wildman–Crippen MR) is 58.8 cm³/mol. The first kappa shape index (κ1) is 11.3. The Morgan fingerprint density at radius 3 is 2.41 bits per heavy atom. The molecule has 0 radical (unpaired) electrons. The van der Waals surface area contributed by atoms with Crippen molar-refractivity contribution in [1.29, 1.82) is 0 Å². The fourth-order valence-corrected chi connectivity index (χ4v) is 1.54. The highest BCUT2D eigenvalue weighted by Gasteiger charge is 2.10. The zero-order valence-electron chi connectivity index (χ0n) is 8.65. The van der Waals surface area contributed by atoms with Gasteiger partial charge in [-0.2, -0.15) is 0 Å². The van der Waals surface area contributed by atoms with Crippen molar-refractivity contribution >= 4 is 5.97 Å². The molecule has 0 atom stereocenters. The van der Waals surface area contributed by atoms with Gasteiger partial charge in [-0.15, -0.1) is 0 Å². The van der Waals surface area contributed by atoms with E-state index < -0.39 is 17.6 Å². The van der Waals surface area contributed by atoms with E-state index in [-0.39, 0.29) is 11.1 Å². The molecule has 0 aromatic heterocycles. The lowest BCUT2D eigenvalue weighted by atomic mass is 10.0. The molecule has 2 aromatic rings. The summed E-state index contributed by atoms with van der Waals surface area (Å²) in [6.45, 7) is 0. The lowest BCUT2D eigenvalue weighted by Crippen LogP contribution is -1.97. The van der Waals surface area contributed by atoms with E-state index in [0.717, 1.165) is 6.07 Å². The Labute approximate surface area is 96.1 Å². The van der Waals surface area contributed by atoms with Crippen molar-refractivity contribution in [2.45, 2.75) is 0 Å². The number of carbonyl (C=O) groups is 1. The van der Waals surface area contributed by atoms with Gasteiger partial charge in [-0.1, -0.05) is 18.2 Å². The number of carboxylic acids is 1. The number of rotatable bonds is 2. The van der Waals surface area contributed by atoms with E-state index in [1.807, 2.05) is 0 Å². The summed E-state index contributed by atoms with van der Waals surface area (Å²) in [6, 6.07) is 9.00. The topological polar surface area (TPSA) is 37.3 Å². The second-order valence-corrected chi connectivity index (χ2v) is 3.51. The standard InChI is InChI=1S/C13H8F2O2/c14-10-3-1-2-8(6-10)11-5-4-9(13(16)17)7-12(11)15/h1-7H,(H,16,17). The number of carboxylic acid groups (broad SMARTS) is 1. The van der Waals surface area contributed by atoms with E-state index in [0.29, 0.717) is 5.56 Å². The molecule has 2 nitrogen and oxygen atoms in total. The summed E-state index contributed by atoms with van der Waals surface area (Å²) in [4.78, 5) is 10.6. The molecule has 4 heteroatoms. The van der Waals surface area contributed by atoms with Gasteiger partial charge in [-0.05, 0) is 29.8 Å². The maximum atomic E-state index is 13.6. The molecule has 0 heterocycles. The summed E-state index contributed by atoms with van der Waals surface area (Å²) in [5, 5.41) is 8.69. The Hall–Kier alpha value is -2.23. The van der Waals surface area contributed by atoms with Gasteiger partial charge in [0, 0.05) is 5.56 Å². The normalized spacial score (nSPS) is 10.2. The minimum absolute atomic E-state index is 0.136. The lowest BCUT2D eigenvalue weighted by Gasteiger charge is -2.04. The molecule has 17 heavy (non-hydrogen) atoms. The molecule has 0 spiro atoms. The molecule has 0 aliphatic heterocycles. The summed E-state index contributed by atoms with van der Waals surface area (Å²) in [6.07, 6.45) is 0. The summed E-state index contributed by atoms with van der Waals surface area (Å²) >= 11 is 0. The second kappa shape index (κ2) is 4.33. The van der Waals surface area contributed by atoms with Crippen LogP contribution >= 0.6 is 0 Å². The van der Waals surface area contributed by atoms with E-state index in [4.69, 9.17) is 5.11 Å². The second-order valence-electron chi connectivity index (χ2n) is 3.51. The Morgan fingerprint density at radius 1 is 1.06 bits per heavy atom. The predicted octanol–water partition coefficient (Wildman–Crippen LogP) is 3.33. The van der Waals surface area contributed by atoms with Crippen molar-refractivity contribution in [2.75, 3.05) is 0 Å². The third-order valence-electron chi connectivity index (χ3n) is 2.35. The molecule has 86 valence electrons. The fraction of sp³-hybridized carbons (Fsp3) is 0. The molecule has 0 aliphatic carbocycles. The Morgan fingerprint density at radius 2 is 1.82 bits per heavy atom. The molecule has 0 saturated heterocycles. The molecule has 0 amide bonds. The maximum absolute atomic E-state index is 13.6. The van der Waals surface area contributed by atoms with E-state index in [1.54, 1.807) is 6.07 Å². The fourth-order valence-electron chi connectivity index (χ4n) is 1.54. The van der Waals surface area contributed by atoms with Gasteiger partial charge in [0.25, 0.3) is 0 Å². The SMILES string of the molecule is O=C(O)c1ccc(-c2cccc(F)c2)c(F)c1. The molecule has 0 saturated carbocycles. The molecule has 2 aromatic carbocycles. The minimum Gasteiger partial charge on any atom is -0.478 e. The van der Waals surface area contributed by atoms with Crippen LogP contribution in [0.2, 0.25) is 0 Å². The monoisotopic (exact) mass is 234 g/mol. The van der Waals surface area contributed by atoms with Crippen LogP contribution in [-0.2, 0) is 0 Å². The van der Waals surface area contributed by atoms with Gasteiger partial charge in [-0.25, -0.2) is 13.6 Å². The van der Waals surface area contributed by atoms with E-state index in [9.17, 15) is 13.6 Å². The van der Waals surface area contributed by atoms with E-state index in [1.165, 1.54) is 30.3 Å². The maximum Gasteiger partial charge on any atom is 0.335 e. The van der Waals surface area contributed by atoms with Gasteiger partial charge in [0.1, 0.15) is 11.6 Å². The quantitative estimate of drug-likeness (QED) is 0.865. The Bertz CT molecular complexity index is 579. The molecular weight excluding hydrogens is 226 g/mol. The number of hydrogen-bond donors (Lipinski definition) is 1. The largest absolute Gasteiger partial charge is 0.478 e. The molecule has 2 rings (SSSR count). The van der Waals surface area contributed by atoms with Crippen molar-refractivity contribution in [3.8, 4) is 11.1 Å². The summed E-state index contributed by atoms with van der Waals surface area (Å²) in [5.74, 6) is -2.35. The average Bonchev–Trinajstić information content (AvgIpc) is 2.28. The first-order valence-electron chi connectivity index (χ1n) is 4.87. The molecule has 0 aliphatic rings. The van der Waals surface area contributed by atoms with Crippen LogP contribution in [0.1, 0.15) is 10.4 Å². The van der Waals surface area contributed by atoms with Gasteiger partial charge < -0.3 is 5.11 Å². The Kier molecular flexibility index (Phi) is 2.87. The molecule has 0 bridgehead atoms. The van der Waals surface area contributed by atoms with Gasteiger partial charge in [0.05, 0.1) is 5.56 Å². The molecule has 0 unspecified atom stereocenters. The van der Waals surface area contributed by atoms with Crippen molar-refractivity contribution < 1.29 is 18.7 Å². The van der Waals surface area contributed by atoms with Gasteiger partial charge >= 0.3 is 5.97 Å². The van der Waals surface area contributed by atoms with Crippen LogP contribution in [0.5, 0.6) is 0 Å². The van der Waals surface area contributed by atoms with Crippen molar-refractivity contribution in [3.63, 3.8) is 0 Å². The van der Waals surface area contributed by atoms with Gasteiger partial charge in [0.15, 0.2) is 0 Å².